The second kappa shape index (κ2) is 10.1. The summed E-state index contributed by atoms with van der Waals surface area (Å²) in [6.07, 6.45) is 13.5. The van der Waals surface area contributed by atoms with Gasteiger partial charge in [0, 0.05) is 5.41 Å². The first-order valence-corrected chi connectivity index (χ1v) is 7.35. The Balaban J connectivity index is 4.60. The maximum absolute atomic E-state index is 12.1. The zero-order valence-corrected chi connectivity index (χ0v) is 12.3. The lowest BCUT2D eigenvalue weighted by Crippen LogP contribution is -2.29. The van der Waals surface area contributed by atoms with Crippen molar-refractivity contribution in [3.8, 4) is 0 Å². The summed E-state index contributed by atoms with van der Waals surface area (Å²) in [7, 11) is 0. The van der Waals surface area contributed by atoms with Gasteiger partial charge < -0.3 is 0 Å². The summed E-state index contributed by atoms with van der Waals surface area (Å²) in [5, 5.41) is 0. The quantitative estimate of drug-likeness (QED) is 0.332. The van der Waals surface area contributed by atoms with Gasteiger partial charge in [-0.1, -0.05) is 31.9 Å². The van der Waals surface area contributed by atoms with Crippen LogP contribution < -0.4 is 0 Å². The lowest BCUT2D eigenvalue weighted by molar-refractivity contribution is -0.128. The molecule has 0 aromatic rings. The van der Waals surface area contributed by atoms with Crippen LogP contribution in [0.3, 0.4) is 0 Å². The molecule has 0 aliphatic rings. The van der Waals surface area contributed by atoms with E-state index >= 15 is 0 Å². The van der Waals surface area contributed by atoms with Gasteiger partial charge in [-0.2, -0.15) is 0 Å². The van der Waals surface area contributed by atoms with Crippen LogP contribution in [-0.2, 0) is 4.79 Å². The summed E-state index contributed by atoms with van der Waals surface area (Å²) in [5.74, 6) is 0.379. The van der Waals surface area contributed by atoms with E-state index in [0.29, 0.717) is 5.78 Å². The number of carbonyl (C=O) groups is 1. The maximum atomic E-state index is 12.1. The van der Waals surface area contributed by atoms with Gasteiger partial charge in [-0.05, 0) is 51.9 Å². The lowest BCUT2D eigenvalue weighted by Gasteiger charge is -2.31. The van der Waals surface area contributed by atoms with Crippen molar-refractivity contribution >= 4 is 5.78 Å². The summed E-state index contributed by atoms with van der Waals surface area (Å²) in [6.45, 7) is 11.5. The fourth-order valence-corrected chi connectivity index (χ4v) is 2.59. The number of hydrogen-bond acceptors (Lipinski definition) is 1. The molecule has 0 fully saturated rings. The van der Waals surface area contributed by atoms with Gasteiger partial charge in [-0.25, -0.2) is 0 Å². The monoisotopic (exact) mass is 250 g/mol. The molecule has 1 heteroatoms. The minimum absolute atomic E-state index is 0.0813. The molecule has 0 spiro atoms. The third kappa shape index (κ3) is 6.18. The predicted octanol–water partition coefficient (Wildman–Crippen LogP) is 5.46. The second-order valence-corrected chi connectivity index (χ2v) is 5.30. The van der Waals surface area contributed by atoms with Crippen LogP contribution in [0.2, 0.25) is 0 Å². The van der Waals surface area contributed by atoms with Crippen molar-refractivity contribution in [2.75, 3.05) is 0 Å². The second-order valence-electron chi connectivity index (χ2n) is 5.30. The highest BCUT2D eigenvalue weighted by molar-refractivity contribution is 5.82. The number of carbonyl (C=O) groups excluding carboxylic acids is 1. The normalized spacial score (nSPS) is 11.2. The number of unbranched alkanes of at least 4 members (excludes halogenated alkanes) is 3. The molecule has 0 aliphatic heterocycles. The van der Waals surface area contributed by atoms with E-state index in [1.54, 1.807) is 6.92 Å². The van der Waals surface area contributed by atoms with Crippen LogP contribution in [0, 0.1) is 5.41 Å². The highest BCUT2D eigenvalue weighted by Crippen LogP contribution is 2.37. The van der Waals surface area contributed by atoms with E-state index in [0.717, 1.165) is 57.8 Å². The molecule has 0 rings (SSSR count). The minimum atomic E-state index is -0.0813. The standard InChI is InChI=1S/C17H30O/c1-5-8-11-14-17(16(4)18,13-10-7-3)15-12-9-6-2/h5-6H,1-2,7-15H2,3-4H3. The van der Waals surface area contributed by atoms with E-state index in [-0.39, 0.29) is 5.41 Å². The Labute approximate surface area is 113 Å². The third-order valence-electron chi connectivity index (χ3n) is 3.88. The Morgan fingerprint density at radius 1 is 1.00 bits per heavy atom. The van der Waals surface area contributed by atoms with Crippen molar-refractivity contribution in [1.82, 2.24) is 0 Å². The number of Topliss-reactive ketones (excluding diaryl/α,β-unsaturated/α-hetero) is 1. The van der Waals surface area contributed by atoms with E-state index in [4.69, 9.17) is 0 Å². The Bertz CT molecular complexity index is 238. The third-order valence-corrected chi connectivity index (χ3v) is 3.88. The molecule has 104 valence electrons. The first kappa shape index (κ1) is 17.2. The van der Waals surface area contributed by atoms with Crippen LogP contribution >= 0.6 is 0 Å². The van der Waals surface area contributed by atoms with Crippen LogP contribution in [-0.4, -0.2) is 5.78 Å². The minimum Gasteiger partial charge on any atom is -0.299 e. The maximum Gasteiger partial charge on any atom is 0.135 e. The molecule has 0 amide bonds. The molecule has 0 radical (unpaired) electrons. The van der Waals surface area contributed by atoms with Crippen molar-refractivity contribution in [3.05, 3.63) is 25.3 Å². The topological polar surface area (TPSA) is 17.1 Å². The molecular weight excluding hydrogens is 220 g/mol. The van der Waals surface area contributed by atoms with Gasteiger partial charge in [0.15, 0.2) is 0 Å². The van der Waals surface area contributed by atoms with E-state index in [2.05, 4.69) is 20.1 Å². The van der Waals surface area contributed by atoms with Crippen molar-refractivity contribution < 1.29 is 4.79 Å². The first-order valence-electron chi connectivity index (χ1n) is 7.35. The van der Waals surface area contributed by atoms with Crippen molar-refractivity contribution in [1.29, 1.82) is 0 Å². The zero-order valence-electron chi connectivity index (χ0n) is 12.3. The van der Waals surface area contributed by atoms with E-state index in [1.807, 2.05) is 12.2 Å². The molecular formula is C17H30O. The zero-order chi connectivity index (χ0) is 13.9. The average Bonchev–Trinajstić information content (AvgIpc) is 2.35. The first-order chi connectivity index (χ1) is 8.63. The summed E-state index contributed by atoms with van der Waals surface area (Å²) in [5.41, 5.74) is -0.0813. The summed E-state index contributed by atoms with van der Waals surface area (Å²) in [6, 6.07) is 0. The van der Waals surface area contributed by atoms with Crippen molar-refractivity contribution in [2.45, 2.75) is 71.6 Å². The van der Waals surface area contributed by atoms with Gasteiger partial charge in [0.25, 0.3) is 0 Å². The molecule has 0 saturated carbocycles. The van der Waals surface area contributed by atoms with E-state index in [1.165, 1.54) is 0 Å². The smallest absolute Gasteiger partial charge is 0.135 e. The van der Waals surface area contributed by atoms with Crippen molar-refractivity contribution in [3.63, 3.8) is 0 Å². The number of allylic oxidation sites excluding steroid dienone is 2. The fourth-order valence-electron chi connectivity index (χ4n) is 2.59. The molecule has 0 aromatic carbocycles. The molecule has 0 atom stereocenters. The number of hydrogen-bond donors (Lipinski definition) is 0. The number of rotatable bonds is 12. The predicted molar refractivity (Wildman–Crippen MR) is 80.7 cm³/mol. The molecule has 0 saturated heterocycles. The van der Waals surface area contributed by atoms with Gasteiger partial charge in [0.05, 0.1) is 0 Å². The molecule has 0 heterocycles. The van der Waals surface area contributed by atoms with Gasteiger partial charge in [0.2, 0.25) is 0 Å². The Hall–Kier alpha value is -0.850. The molecule has 0 aliphatic carbocycles. The molecule has 0 N–H and O–H groups in total. The van der Waals surface area contributed by atoms with Crippen LogP contribution in [0.4, 0.5) is 0 Å². The van der Waals surface area contributed by atoms with Crippen LogP contribution in [0.15, 0.2) is 25.3 Å². The highest BCUT2D eigenvalue weighted by atomic mass is 16.1. The van der Waals surface area contributed by atoms with Crippen LogP contribution in [0.5, 0.6) is 0 Å². The Kier molecular flexibility index (Phi) is 9.63. The van der Waals surface area contributed by atoms with Gasteiger partial charge in [0.1, 0.15) is 5.78 Å². The summed E-state index contributed by atoms with van der Waals surface area (Å²) >= 11 is 0. The molecule has 18 heavy (non-hydrogen) atoms. The SMILES string of the molecule is C=CCCCC(CCCC)(CCCC=C)C(C)=O. The average molecular weight is 250 g/mol. The highest BCUT2D eigenvalue weighted by Gasteiger charge is 2.33. The van der Waals surface area contributed by atoms with Gasteiger partial charge in [-0.3, -0.25) is 4.79 Å². The molecule has 0 bridgehead atoms. The largest absolute Gasteiger partial charge is 0.299 e. The molecule has 0 aromatic heterocycles. The summed E-state index contributed by atoms with van der Waals surface area (Å²) in [4.78, 5) is 12.1. The van der Waals surface area contributed by atoms with Gasteiger partial charge >= 0.3 is 0 Å². The van der Waals surface area contributed by atoms with E-state index < -0.39 is 0 Å². The number of ketones is 1. The fraction of sp³-hybridized carbons (Fsp3) is 0.706. The Morgan fingerprint density at radius 3 is 1.78 bits per heavy atom. The van der Waals surface area contributed by atoms with Gasteiger partial charge in [-0.15, -0.1) is 13.2 Å². The Morgan fingerprint density at radius 2 is 1.44 bits per heavy atom. The van der Waals surface area contributed by atoms with Crippen molar-refractivity contribution in [2.24, 2.45) is 5.41 Å². The molecule has 1 nitrogen and oxygen atoms in total. The van der Waals surface area contributed by atoms with E-state index in [9.17, 15) is 4.79 Å². The van der Waals surface area contributed by atoms with Crippen LogP contribution in [0.1, 0.15) is 71.6 Å². The lowest BCUT2D eigenvalue weighted by atomic mass is 9.71. The van der Waals surface area contributed by atoms with Crippen LogP contribution in [0.25, 0.3) is 0 Å². The molecule has 0 unspecified atom stereocenters. The summed E-state index contributed by atoms with van der Waals surface area (Å²) < 4.78 is 0.